The Kier molecular flexibility index (Phi) is 5.38. The molecular weight excluding hydrogens is 404 g/mol. The van der Waals surface area contributed by atoms with Crippen molar-refractivity contribution in [2.75, 3.05) is 12.4 Å². The number of aromatic nitrogens is 1. The van der Waals surface area contributed by atoms with Crippen LogP contribution >= 0.6 is 23.1 Å². The lowest BCUT2D eigenvalue weighted by molar-refractivity contribution is -0.127. The SMILES string of the molecule is Cc1ccc(C)c(NC(=O)CC2S/C(=N\c3nc4ccccc4s3)N(C)C2=O)c1. The van der Waals surface area contributed by atoms with Crippen LogP contribution in [0, 0.1) is 13.8 Å². The van der Waals surface area contributed by atoms with Crippen LogP contribution in [0.1, 0.15) is 17.5 Å². The average molecular weight is 425 g/mol. The van der Waals surface area contributed by atoms with E-state index < -0.39 is 5.25 Å². The highest BCUT2D eigenvalue weighted by Crippen LogP contribution is 2.33. The zero-order valence-electron chi connectivity index (χ0n) is 16.3. The molecule has 2 amide bonds. The Hall–Kier alpha value is -2.71. The third-order valence-corrected chi connectivity index (χ3v) is 6.81. The van der Waals surface area contributed by atoms with E-state index in [9.17, 15) is 9.59 Å². The maximum absolute atomic E-state index is 12.6. The first kappa shape index (κ1) is 19.6. The summed E-state index contributed by atoms with van der Waals surface area (Å²) in [6, 6.07) is 13.7. The number of amides is 2. The van der Waals surface area contributed by atoms with Gasteiger partial charge in [0, 0.05) is 19.2 Å². The lowest BCUT2D eigenvalue weighted by Gasteiger charge is -2.11. The second-order valence-electron chi connectivity index (χ2n) is 6.93. The summed E-state index contributed by atoms with van der Waals surface area (Å²) in [6.07, 6.45) is 0.0973. The van der Waals surface area contributed by atoms with Crippen molar-refractivity contribution in [2.45, 2.75) is 25.5 Å². The Morgan fingerprint density at radius 2 is 2.03 bits per heavy atom. The van der Waals surface area contributed by atoms with Crippen molar-refractivity contribution in [3.05, 3.63) is 53.6 Å². The van der Waals surface area contributed by atoms with Gasteiger partial charge in [0.05, 0.1) is 10.2 Å². The molecule has 0 spiro atoms. The number of para-hydroxylation sites is 1. The van der Waals surface area contributed by atoms with Crippen molar-refractivity contribution >= 4 is 61.1 Å². The smallest absolute Gasteiger partial charge is 0.242 e. The number of aryl methyl sites for hydroxylation is 2. The number of hydrogen-bond donors (Lipinski definition) is 1. The largest absolute Gasteiger partial charge is 0.326 e. The zero-order valence-corrected chi connectivity index (χ0v) is 17.9. The normalized spacial score (nSPS) is 18.0. The number of nitrogens with one attached hydrogen (secondary N) is 1. The molecule has 8 heteroatoms. The van der Waals surface area contributed by atoms with Gasteiger partial charge in [-0.1, -0.05) is 47.4 Å². The van der Waals surface area contributed by atoms with Crippen molar-refractivity contribution in [1.29, 1.82) is 0 Å². The summed E-state index contributed by atoms with van der Waals surface area (Å²) in [7, 11) is 1.68. The lowest BCUT2D eigenvalue weighted by Crippen LogP contribution is -2.30. The van der Waals surface area contributed by atoms with Crippen molar-refractivity contribution in [1.82, 2.24) is 9.88 Å². The van der Waals surface area contributed by atoms with Crippen LogP contribution in [0.25, 0.3) is 10.2 Å². The Bertz CT molecular complexity index is 1110. The van der Waals surface area contributed by atoms with Crippen LogP contribution in [0.2, 0.25) is 0 Å². The van der Waals surface area contributed by atoms with E-state index in [1.54, 1.807) is 7.05 Å². The number of thioether (sulfide) groups is 1. The van der Waals surface area contributed by atoms with Crippen LogP contribution in [-0.2, 0) is 9.59 Å². The first-order chi connectivity index (χ1) is 13.9. The van der Waals surface area contributed by atoms with Gasteiger partial charge in [0.15, 0.2) is 5.17 Å². The number of anilines is 1. The van der Waals surface area contributed by atoms with E-state index in [1.807, 2.05) is 56.3 Å². The molecule has 3 aromatic rings. The Morgan fingerprint density at radius 1 is 1.24 bits per heavy atom. The summed E-state index contributed by atoms with van der Waals surface area (Å²) >= 11 is 2.79. The molecule has 0 bridgehead atoms. The number of rotatable bonds is 4. The van der Waals surface area contributed by atoms with Crippen LogP contribution in [-0.4, -0.2) is 39.2 Å². The van der Waals surface area contributed by atoms with Gasteiger partial charge in [0.2, 0.25) is 16.9 Å². The fraction of sp³-hybridized carbons (Fsp3) is 0.238. The predicted molar refractivity (Wildman–Crippen MR) is 120 cm³/mol. The number of thiazole rings is 1. The molecule has 1 fully saturated rings. The van der Waals surface area contributed by atoms with Gasteiger partial charge in [-0.3, -0.25) is 14.5 Å². The minimum atomic E-state index is -0.488. The van der Waals surface area contributed by atoms with Crippen LogP contribution in [0.15, 0.2) is 47.5 Å². The van der Waals surface area contributed by atoms with Gasteiger partial charge in [-0.25, -0.2) is 4.98 Å². The molecular formula is C21H20N4O2S2. The summed E-state index contributed by atoms with van der Waals surface area (Å²) < 4.78 is 1.05. The fourth-order valence-electron chi connectivity index (χ4n) is 3.03. The number of nitrogens with zero attached hydrogens (tertiary/aromatic N) is 3. The van der Waals surface area contributed by atoms with E-state index in [-0.39, 0.29) is 18.2 Å². The second kappa shape index (κ2) is 7.96. The standard InChI is InChI=1S/C21H20N4O2S2/c1-12-8-9-13(2)15(10-12)22-18(26)11-17-19(27)25(3)21(29-17)24-20-23-14-6-4-5-7-16(14)28-20/h4-10,17H,11H2,1-3H3,(H,22,26)/b24-21-. The van der Waals surface area contributed by atoms with Crippen LogP contribution in [0.5, 0.6) is 0 Å². The molecule has 1 aliphatic heterocycles. The summed E-state index contributed by atoms with van der Waals surface area (Å²) in [6.45, 7) is 3.92. The van der Waals surface area contributed by atoms with Crippen LogP contribution in [0.4, 0.5) is 10.8 Å². The fourth-order valence-corrected chi connectivity index (χ4v) is 5.06. The minimum absolute atomic E-state index is 0.0973. The Morgan fingerprint density at radius 3 is 2.83 bits per heavy atom. The van der Waals surface area contributed by atoms with Crippen molar-refractivity contribution < 1.29 is 9.59 Å². The summed E-state index contributed by atoms with van der Waals surface area (Å²) in [4.78, 5) is 35.7. The molecule has 2 aromatic carbocycles. The highest BCUT2D eigenvalue weighted by molar-refractivity contribution is 8.15. The maximum Gasteiger partial charge on any atom is 0.242 e. The quantitative estimate of drug-likeness (QED) is 0.669. The highest BCUT2D eigenvalue weighted by Gasteiger charge is 2.37. The maximum atomic E-state index is 12.6. The van der Waals surface area contributed by atoms with Crippen molar-refractivity contribution in [3.8, 4) is 0 Å². The van der Waals surface area contributed by atoms with Gasteiger partial charge in [0.1, 0.15) is 5.25 Å². The molecule has 4 rings (SSSR count). The third-order valence-electron chi connectivity index (χ3n) is 4.65. The van der Waals surface area contributed by atoms with Gasteiger partial charge < -0.3 is 5.32 Å². The van der Waals surface area contributed by atoms with Crippen LogP contribution < -0.4 is 5.32 Å². The van der Waals surface area contributed by atoms with E-state index in [4.69, 9.17) is 0 Å². The molecule has 1 aliphatic rings. The topological polar surface area (TPSA) is 74.7 Å². The average Bonchev–Trinajstić information content (AvgIpc) is 3.21. The van der Waals surface area contributed by atoms with Gasteiger partial charge in [-0.15, -0.1) is 0 Å². The molecule has 1 aromatic heterocycles. The highest BCUT2D eigenvalue weighted by atomic mass is 32.2. The first-order valence-electron chi connectivity index (χ1n) is 9.16. The molecule has 1 unspecified atom stereocenters. The summed E-state index contributed by atoms with van der Waals surface area (Å²) in [5.41, 5.74) is 3.73. The van der Waals surface area contributed by atoms with Gasteiger partial charge in [-0.2, -0.15) is 4.99 Å². The number of carbonyl (C=O) groups is 2. The summed E-state index contributed by atoms with van der Waals surface area (Å²) in [5, 5.41) is 3.61. The Balaban J connectivity index is 1.47. The van der Waals surface area contributed by atoms with Gasteiger partial charge >= 0.3 is 0 Å². The van der Waals surface area contributed by atoms with E-state index in [1.165, 1.54) is 28.0 Å². The molecule has 0 radical (unpaired) electrons. The zero-order chi connectivity index (χ0) is 20.5. The molecule has 29 heavy (non-hydrogen) atoms. The molecule has 0 saturated carbocycles. The second-order valence-corrected chi connectivity index (χ2v) is 9.11. The van der Waals surface area contributed by atoms with E-state index in [0.717, 1.165) is 27.0 Å². The van der Waals surface area contributed by atoms with Gasteiger partial charge in [0.25, 0.3) is 0 Å². The van der Waals surface area contributed by atoms with Crippen molar-refractivity contribution in [2.24, 2.45) is 4.99 Å². The lowest BCUT2D eigenvalue weighted by atomic mass is 10.1. The van der Waals surface area contributed by atoms with E-state index >= 15 is 0 Å². The number of amidine groups is 1. The number of fused-ring (bicyclic) bond motifs is 1. The molecule has 0 aliphatic carbocycles. The van der Waals surface area contributed by atoms with Crippen LogP contribution in [0.3, 0.4) is 0 Å². The molecule has 2 heterocycles. The molecule has 1 N–H and O–H groups in total. The number of carbonyl (C=O) groups excluding carboxylic acids is 2. The van der Waals surface area contributed by atoms with E-state index in [0.29, 0.717) is 10.3 Å². The summed E-state index contributed by atoms with van der Waals surface area (Å²) in [5.74, 6) is -0.301. The number of aliphatic imine (C=N–C) groups is 1. The van der Waals surface area contributed by atoms with E-state index in [2.05, 4.69) is 15.3 Å². The molecule has 148 valence electrons. The molecule has 1 atom stereocenters. The predicted octanol–water partition coefficient (Wildman–Crippen LogP) is 4.50. The number of benzene rings is 2. The van der Waals surface area contributed by atoms with Crippen molar-refractivity contribution in [3.63, 3.8) is 0 Å². The monoisotopic (exact) mass is 424 g/mol. The molecule has 6 nitrogen and oxygen atoms in total. The third kappa shape index (κ3) is 4.18. The molecule has 1 saturated heterocycles. The first-order valence-corrected chi connectivity index (χ1v) is 10.9. The minimum Gasteiger partial charge on any atom is -0.326 e. The van der Waals surface area contributed by atoms with Gasteiger partial charge in [-0.05, 0) is 43.2 Å². The number of hydrogen-bond acceptors (Lipinski definition) is 6. The Labute approximate surface area is 177 Å².